The predicted molar refractivity (Wildman–Crippen MR) is 150 cm³/mol. The Hall–Kier alpha value is -3.96. The minimum absolute atomic E-state index is 0.205. The van der Waals surface area contributed by atoms with Crippen molar-refractivity contribution in [3.63, 3.8) is 0 Å². The number of amides is 1. The molecule has 1 atom stereocenters. The number of carbonyl (C=O) groups is 1. The average Bonchev–Trinajstić information content (AvgIpc) is 3.39. The van der Waals surface area contributed by atoms with E-state index in [0.717, 1.165) is 22.3 Å². The van der Waals surface area contributed by atoms with Crippen molar-refractivity contribution in [1.29, 1.82) is 5.26 Å². The number of nitrogens with zero attached hydrogens (tertiary/aromatic N) is 4. The van der Waals surface area contributed by atoms with Gasteiger partial charge in [-0.25, -0.2) is 4.79 Å². The number of hydrogen-bond donors (Lipinski definition) is 1. The van der Waals surface area contributed by atoms with E-state index in [9.17, 15) is 15.2 Å². The molecule has 0 aliphatic carbocycles. The molecule has 8 heteroatoms. The van der Waals surface area contributed by atoms with Gasteiger partial charge in [0.05, 0.1) is 11.6 Å². The van der Waals surface area contributed by atoms with E-state index in [1.165, 1.54) is 4.90 Å². The zero-order chi connectivity index (χ0) is 27.5. The Morgan fingerprint density at radius 3 is 2.26 bits per heavy atom. The molecule has 0 radical (unpaired) electrons. The molecule has 38 heavy (non-hydrogen) atoms. The molecule has 1 heterocycles. The van der Waals surface area contributed by atoms with E-state index in [1.54, 1.807) is 6.07 Å². The van der Waals surface area contributed by atoms with E-state index in [2.05, 4.69) is 32.2 Å². The van der Waals surface area contributed by atoms with Crippen molar-refractivity contribution < 1.29 is 14.3 Å². The molecule has 194 valence electrons. The van der Waals surface area contributed by atoms with E-state index in [-0.39, 0.29) is 11.8 Å². The van der Waals surface area contributed by atoms with Crippen LogP contribution >= 0.6 is 15.9 Å². The molecule has 1 N–H and O–H groups in total. The molecule has 3 aromatic carbocycles. The molecular formula is C30H29BrN4O3. The lowest BCUT2D eigenvalue weighted by Crippen LogP contribution is -2.57. The zero-order valence-corrected chi connectivity index (χ0v) is 23.4. The largest absolute Gasteiger partial charge is 0.465 e. The lowest BCUT2D eigenvalue weighted by atomic mass is 9.87. The van der Waals surface area contributed by atoms with Crippen LogP contribution in [-0.4, -0.2) is 31.8 Å². The van der Waals surface area contributed by atoms with Gasteiger partial charge < -0.3 is 9.52 Å². The van der Waals surface area contributed by atoms with Crippen LogP contribution in [0.4, 0.5) is 4.79 Å². The topological polar surface area (TPSA) is 103 Å². The number of carboxylic acid groups (broad SMARTS) is 1. The second-order valence-electron chi connectivity index (χ2n) is 10.3. The number of benzene rings is 3. The maximum Gasteiger partial charge on any atom is 0.408 e. The molecule has 4 rings (SSSR count). The first-order valence-electron chi connectivity index (χ1n) is 12.2. The number of nitriles is 1. The first kappa shape index (κ1) is 27.1. The van der Waals surface area contributed by atoms with E-state index in [1.807, 2.05) is 94.4 Å². The lowest BCUT2D eigenvalue weighted by molar-refractivity contribution is 0.00810. The van der Waals surface area contributed by atoms with E-state index in [0.29, 0.717) is 22.9 Å². The Balaban J connectivity index is 1.85. The Bertz CT molecular complexity index is 1490. The summed E-state index contributed by atoms with van der Waals surface area (Å²) in [5.74, 6) is 0.480. The van der Waals surface area contributed by atoms with Gasteiger partial charge in [0.25, 0.3) is 0 Å². The summed E-state index contributed by atoms with van der Waals surface area (Å²) in [6.45, 7) is 7.36. The highest BCUT2D eigenvalue weighted by Crippen LogP contribution is 2.38. The molecular weight excluding hydrogens is 544 g/mol. The van der Waals surface area contributed by atoms with Crippen LogP contribution in [0, 0.1) is 11.3 Å². The monoisotopic (exact) mass is 572 g/mol. The summed E-state index contributed by atoms with van der Waals surface area (Å²) in [4.78, 5) is 14.0. The highest BCUT2D eigenvalue weighted by molar-refractivity contribution is 9.08. The normalized spacial score (nSPS) is 12.9. The summed E-state index contributed by atoms with van der Waals surface area (Å²) in [6.07, 6.45) is -0.728. The number of aromatic nitrogens is 2. The van der Waals surface area contributed by atoms with Crippen LogP contribution in [0.25, 0.3) is 22.6 Å². The van der Waals surface area contributed by atoms with Crippen LogP contribution in [0.3, 0.4) is 0 Å². The van der Waals surface area contributed by atoms with Crippen LogP contribution in [-0.2, 0) is 17.3 Å². The molecule has 7 nitrogen and oxygen atoms in total. The number of hydrogen-bond acceptors (Lipinski definition) is 5. The van der Waals surface area contributed by atoms with Crippen LogP contribution in [0.5, 0.6) is 0 Å². The van der Waals surface area contributed by atoms with Gasteiger partial charge in [-0.15, -0.1) is 10.2 Å². The maximum atomic E-state index is 12.6. The van der Waals surface area contributed by atoms with Gasteiger partial charge in [0, 0.05) is 22.9 Å². The maximum absolute atomic E-state index is 12.6. The van der Waals surface area contributed by atoms with Gasteiger partial charge in [0.15, 0.2) is 0 Å². The standard InChI is InChI=1S/C30H29BrN4O3/c1-29(2,3)35(28(36)37)30(4,17-20-10-6-5-7-11-20)27-34-33-26(38-27)24-15-21(18-31)14-23(16-24)25-13-9-8-12-22(25)19-32/h5-16H,17-18H2,1-4H3,(H,36,37)/t30-/m1/s1. The van der Waals surface area contributed by atoms with Gasteiger partial charge in [-0.2, -0.15) is 5.26 Å². The minimum atomic E-state index is -1.14. The Labute approximate surface area is 230 Å². The molecule has 0 spiro atoms. The number of rotatable bonds is 7. The molecule has 0 aliphatic rings. The van der Waals surface area contributed by atoms with Gasteiger partial charge in [-0.1, -0.05) is 70.5 Å². The van der Waals surface area contributed by atoms with Crippen molar-refractivity contribution in [2.45, 2.75) is 50.5 Å². The summed E-state index contributed by atoms with van der Waals surface area (Å²) in [5, 5.41) is 29.2. The smallest absolute Gasteiger partial charge is 0.408 e. The third kappa shape index (κ3) is 5.48. The highest BCUT2D eigenvalue weighted by Gasteiger charge is 2.47. The fourth-order valence-corrected chi connectivity index (χ4v) is 5.24. The molecule has 0 saturated carbocycles. The SMILES string of the molecule is CC(C)(C)N(C(=O)O)[C@](C)(Cc1ccccc1)c1nnc(-c2cc(CBr)cc(-c3ccccc3C#N)c2)o1. The summed E-state index contributed by atoms with van der Waals surface area (Å²) < 4.78 is 6.27. The Kier molecular flexibility index (Phi) is 7.70. The van der Waals surface area contributed by atoms with Crippen LogP contribution < -0.4 is 0 Å². The molecule has 0 fully saturated rings. The van der Waals surface area contributed by atoms with Crippen molar-refractivity contribution in [1.82, 2.24) is 15.1 Å². The second kappa shape index (κ2) is 10.8. The molecule has 4 aromatic rings. The summed E-state index contributed by atoms with van der Waals surface area (Å²) in [6, 6.07) is 25.2. The number of alkyl halides is 1. The van der Waals surface area contributed by atoms with Gasteiger partial charge >= 0.3 is 6.09 Å². The van der Waals surface area contributed by atoms with Crippen molar-refractivity contribution in [3.05, 3.63) is 95.4 Å². The minimum Gasteiger partial charge on any atom is -0.465 e. The first-order valence-corrected chi connectivity index (χ1v) is 13.3. The van der Waals surface area contributed by atoms with Gasteiger partial charge in [0.1, 0.15) is 5.54 Å². The highest BCUT2D eigenvalue weighted by atomic mass is 79.9. The summed E-state index contributed by atoms with van der Waals surface area (Å²) >= 11 is 3.53. The fraction of sp³-hybridized carbons (Fsp3) is 0.267. The van der Waals surface area contributed by atoms with Gasteiger partial charge in [-0.3, -0.25) is 4.90 Å². The quantitative estimate of drug-likeness (QED) is 0.231. The summed E-state index contributed by atoms with van der Waals surface area (Å²) in [7, 11) is 0. The second-order valence-corrected chi connectivity index (χ2v) is 10.9. The van der Waals surface area contributed by atoms with Crippen LogP contribution in [0.15, 0.2) is 77.2 Å². The fourth-order valence-electron chi connectivity index (χ4n) is 4.92. The van der Waals surface area contributed by atoms with E-state index >= 15 is 0 Å². The molecule has 1 amide bonds. The summed E-state index contributed by atoms with van der Waals surface area (Å²) in [5.41, 5.74) is 2.94. The van der Waals surface area contributed by atoms with Crippen molar-refractivity contribution in [2.24, 2.45) is 0 Å². The number of halogens is 1. The van der Waals surface area contributed by atoms with Crippen LogP contribution in [0.1, 0.15) is 50.3 Å². The Morgan fingerprint density at radius 1 is 0.974 bits per heavy atom. The third-order valence-corrected chi connectivity index (χ3v) is 7.03. The molecule has 1 aromatic heterocycles. The molecule has 0 unspecified atom stereocenters. The molecule has 0 aliphatic heterocycles. The van der Waals surface area contributed by atoms with E-state index < -0.39 is 17.2 Å². The van der Waals surface area contributed by atoms with Crippen LogP contribution in [0.2, 0.25) is 0 Å². The molecule has 0 saturated heterocycles. The first-order chi connectivity index (χ1) is 18.1. The zero-order valence-electron chi connectivity index (χ0n) is 21.8. The van der Waals surface area contributed by atoms with Crippen molar-refractivity contribution >= 4 is 22.0 Å². The van der Waals surface area contributed by atoms with Crippen molar-refractivity contribution in [2.75, 3.05) is 0 Å². The third-order valence-electron chi connectivity index (χ3n) is 6.39. The Morgan fingerprint density at radius 2 is 1.63 bits per heavy atom. The predicted octanol–water partition coefficient (Wildman–Crippen LogP) is 7.41. The van der Waals surface area contributed by atoms with E-state index in [4.69, 9.17) is 4.42 Å². The van der Waals surface area contributed by atoms with Gasteiger partial charge in [0.2, 0.25) is 11.8 Å². The van der Waals surface area contributed by atoms with Crippen molar-refractivity contribution in [3.8, 4) is 28.7 Å². The molecule has 0 bridgehead atoms. The van der Waals surface area contributed by atoms with Gasteiger partial charge in [-0.05, 0) is 68.1 Å². The lowest BCUT2D eigenvalue weighted by Gasteiger charge is -2.45. The average molecular weight is 573 g/mol.